The molecule has 1 saturated carbocycles. The van der Waals surface area contributed by atoms with Gasteiger partial charge in [0.05, 0.1) is 12.2 Å². The molecule has 1 unspecified atom stereocenters. The molecule has 4 rings (SSSR count). The number of fused-ring (bicyclic) bond motifs is 1. The summed E-state index contributed by atoms with van der Waals surface area (Å²) >= 11 is 0. The summed E-state index contributed by atoms with van der Waals surface area (Å²) in [5.74, 6) is 1.93. The minimum absolute atomic E-state index is 0.245. The minimum atomic E-state index is 0.245. The number of hydrazine groups is 1. The molecule has 108 valence electrons. The Morgan fingerprint density at radius 1 is 1.20 bits per heavy atom. The predicted molar refractivity (Wildman–Crippen MR) is 79.6 cm³/mol. The number of nitrogens with one attached hydrogen (secondary N) is 2. The zero-order chi connectivity index (χ0) is 13.6. The van der Waals surface area contributed by atoms with E-state index in [4.69, 9.17) is 4.98 Å². The molecule has 1 atom stereocenters. The number of aromatic nitrogens is 2. The highest BCUT2D eigenvalue weighted by atomic mass is 15.4. The number of rotatable bonds is 1. The van der Waals surface area contributed by atoms with E-state index in [-0.39, 0.29) is 6.04 Å². The van der Waals surface area contributed by atoms with Gasteiger partial charge < -0.3 is 10.3 Å². The lowest BCUT2D eigenvalue weighted by Gasteiger charge is -2.39. The molecular weight excluding hydrogens is 250 g/mol. The topological polar surface area (TPSA) is 53.1 Å². The molecule has 0 bridgehead atoms. The maximum Gasteiger partial charge on any atom is 0.166 e. The standard InChI is InChI=1S/C15H23N5/c1-11-13-14(19-18-11)17-12(10-16-13)20-8-6-15(7-9-20)4-2-3-5-15/h10-11,18H,2-9H2,1H3,(H,17,19). The number of hydrogen-bond donors (Lipinski definition) is 2. The van der Waals surface area contributed by atoms with E-state index < -0.39 is 0 Å². The highest BCUT2D eigenvalue weighted by molar-refractivity contribution is 5.51. The van der Waals surface area contributed by atoms with Crippen LogP contribution in [0.5, 0.6) is 0 Å². The fraction of sp³-hybridized carbons (Fsp3) is 0.733. The van der Waals surface area contributed by atoms with Crippen molar-refractivity contribution in [1.82, 2.24) is 15.4 Å². The molecule has 1 spiro atoms. The summed E-state index contributed by atoms with van der Waals surface area (Å²) < 4.78 is 0. The molecule has 5 heteroatoms. The van der Waals surface area contributed by atoms with Gasteiger partial charge in [0, 0.05) is 13.1 Å². The average molecular weight is 273 g/mol. The van der Waals surface area contributed by atoms with E-state index in [1.165, 1.54) is 38.5 Å². The number of piperidine rings is 1. The Bertz CT molecular complexity index is 499. The monoisotopic (exact) mass is 273 g/mol. The van der Waals surface area contributed by atoms with Crippen molar-refractivity contribution >= 4 is 11.6 Å². The van der Waals surface area contributed by atoms with Crippen molar-refractivity contribution in [2.24, 2.45) is 5.41 Å². The normalized spacial score (nSPS) is 27.6. The second-order valence-electron chi connectivity index (χ2n) is 6.65. The van der Waals surface area contributed by atoms with Crippen molar-refractivity contribution in [3.8, 4) is 0 Å². The van der Waals surface area contributed by atoms with Gasteiger partial charge in [-0.25, -0.2) is 10.4 Å². The van der Waals surface area contributed by atoms with Crippen molar-refractivity contribution in [2.75, 3.05) is 23.4 Å². The van der Waals surface area contributed by atoms with Crippen LogP contribution in [0.4, 0.5) is 11.6 Å². The summed E-state index contributed by atoms with van der Waals surface area (Å²) in [4.78, 5) is 11.7. The maximum atomic E-state index is 4.73. The van der Waals surface area contributed by atoms with Gasteiger partial charge in [0.2, 0.25) is 0 Å². The Labute approximate surface area is 120 Å². The summed E-state index contributed by atoms with van der Waals surface area (Å²) in [6.07, 6.45) is 10.4. The quantitative estimate of drug-likeness (QED) is 0.824. The van der Waals surface area contributed by atoms with E-state index in [2.05, 4.69) is 27.7 Å². The largest absolute Gasteiger partial charge is 0.355 e. The highest BCUT2D eigenvalue weighted by Crippen LogP contribution is 2.46. The second-order valence-corrected chi connectivity index (χ2v) is 6.65. The third-order valence-electron chi connectivity index (χ3n) is 5.42. The molecule has 1 saturated heterocycles. The van der Waals surface area contributed by atoms with E-state index in [1.54, 1.807) is 0 Å². The smallest absolute Gasteiger partial charge is 0.166 e. The van der Waals surface area contributed by atoms with Crippen molar-refractivity contribution in [2.45, 2.75) is 51.5 Å². The Balaban J connectivity index is 1.49. The number of hydrogen-bond acceptors (Lipinski definition) is 5. The van der Waals surface area contributed by atoms with Crippen molar-refractivity contribution in [3.05, 3.63) is 11.9 Å². The van der Waals surface area contributed by atoms with E-state index in [0.717, 1.165) is 30.4 Å². The molecule has 3 aliphatic rings. The van der Waals surface area contributed by atoms with Gasteiger partial charge in [-0.2, -0.15) is 0 Å². The van der Waals surface area contributed by atoms with E-state index in [1.807, 2.05) is 6.20 Å². The lowest BCUT2D eigenvalue weighted by molar-refractivity contribution is 0.226. The SMILES string of the molecule is CC1NNc2nc(N3CCC4(CCCC4)CC3)cnc21. The molecule has 0 amide bonds. The van der Waals surface area contributed by atoms with Gasteiger partial charge in [-0.3, -0.25) is 4.98 Å². The summed E-state index contributed by atoms with van der Waals surface area (Å²) in [6.45, 7) is 4.37. The molecule has 3 heterocycles. The van der Waals surface area contributed by atoms with Crippen LogP contribution in [0.2, 0.25) is 0 Å². The van der Waals surface area contributed by atoms with Crippen LogP contribution in [0.15, 0.2) is 6.20 Å². The fourth-order valence-electron chi connectivity index (χ4n) is 4.03. The maximum absolute atomic E-state index is 4.73. The zero-order valence-electron chi connectivity index (χ0n) is 12.2. The zero-order valence-corrected chi connectivity index (χ0v) is 12.2. The van der Waals surface area contributed by atoms with Crippen LogP contribution < -0.4 is 15.8 Å². The summed E-state index contributed by atoms with van der Waals surface area (Å²) in [5.41, 5.74) is 7.98. The fourth-order valence-corrected chi connectivity index (χ4v) is 4.03. The van der Waals surface area contributed by atoms with Gasteiger partial charge in [0.15, 0.2) is 5.82 Å². The predicted octanol–water partition coefficient (Wildman–Crippen LogP) is 2.63. The van der Waals surface area contributed by atoms with Crippen LogP contribution >= 0.6 is 0 Å². The number of anilines is 2. The Hall–Kier alpha value is -1.36. The van der Waals surface area contributed by atoms with Gasteiger partial charge in [-0.05, 0) is 38.0 Å². The van der Waals surface area contributed by atoms with Gasteiger partial charge in [0.25, 0.3) is 0 Å². The average Bonchev–Trinajstić information content (AvgIpc) is 3.08. The van der Waals surface area contributed by atoms with Crippen molar-refractivity contribution < 1.29 is 0 Å². The molecular formula is C15H23N5. The van der Waals surface area contributed by atoms with Crippen LogP contribution in [-0.2, 0) is 0 Å². The second kappa shape index (κ2) is 4.58. The van der Waals surface area contributed by atoms with E-state index >= 15 is 0 Å². The molecule has 5 nitrogen and oxygen atoms in total. The van der Waals surface area contributed by atoms with Crippen LogP contribution in [0, 0.1) is 5.41 Å². The third kappa shape index (κ3) is 1.95. The van der Waals surface area contributed by atoms with Crippen LogP contribution in [0.25, 0.3) is 0 Å². The lowest BCUT2D eigenvalue weighted by atomic mass is 9.77. The lowest BCUT2D eigenvalue weighted by Crippen LogP contribution is -2.39. The molecule has 0 radical (unpaired) electrons. The molecule has 1 aromatic rings. The van der Waals surface area contributed by atoms with Crippen LogP contribution in [0.1, 0.15) is 57.2 Å². The summed E-state index contributed by atoms with van der Waals surface area (Å²) in [5, 5.41) is 0. The van der Waals surface area contributed by atoms with E-state index in [9.17, 15) is 0 Å². The molecule has 20 heavy (non-hydrogen) atoms. The van der Waals surface area contributed by atoms with Gasteiger partial charge in [-0.15, -0.1) is 0 Å². The minimum Gasteiger partial charge on any atom is -0.355 e. The third-order valence-corrected chi connectivity index (χ3v) is 5.42. The Morgan fingerprint density at radius 2 is 1.95 bits per heavy atom. The number of nitrogens with zero attached hydrogens (tertiary/aromatic N) is 3. The molecule has 1 aromatic heterocycles. The van der Waals surface area contributed by atoms with Gasteiger partial charge >= 0.3 is 0 Å². The van der Waals surface area contributed by atoms with Crippen LogP contribution in [-0.4, -0.2) is 23.1 Å². The Kier molecular flexibility index (Phi) is 2.84. The molecule has 2 N–H and O–H groups in total. The first-order valence-electron chi connectivity index (χ1n) is 7.89. The first-order chi connectivity index (χ1) is 9.76. The highest BCUT2D eigenvalue weighted by Gasteiger charge is 2.37. The molecule has 1 aliphatic carbocycles. The molecule has 0 aromatic carbocycles. The molecule has 2 aliphatic heterocycles. The summed E-state index contributed by atoms with van der Waals surface area (Å²) in [7, 11) is 0. The van der Waals surface area contributed by atoms with Crippen molar-refractivity contribution in [1.29, 1.82) is 0 Å². The Morgan fingerprint density at radius 3 is 2.70 bits per heavy atom. The van der Waals surface area contributed by atoms with Crippen molar-refractivity contribution in [3.63, 3.8) is 0 Å². The van der Waals surface area contributed by atoms with Gasteiger partial charge in [-0.1, -0.05) is 12.8 Å². The van der Waals surface area contributed by atoms with Gasteiger partial charge in [0.1, 0.15) is 11.5 Å². The van der Waals surface area contributed by atoms with Crippen LogP contribution in [0.3, 0.4) is 0 Å². The van der Waals surface area contributed by atoms with E-state index in [0.29, 0.717) is 5.41 Å². The first kappa shape index (κ1) is 12.4. The first-order valence-corrected chi connectivity index (χ1v) is 7.89. The molecule has 2 fully saturated rings. The summed E-state index contributed by atoms with van der Waals surface area (Å²) in [6, 6.07) is 0.245.